The highest BCUT2D eigenvalue weighted by molar-refractivity contribution is 6.30. The average Bonchev–Trinajstić information content (AvgIpc) is 3.22. The summed E-state index contributed by atoms with van der Waals surface area (Å²) in [6.45, 7) is 0. The maximum atomic E-state index is 6.24. The number of methoxy groups -OCH3 is 2. The molecule has 0 fully saturated rings. The molecule has 30 heavy (non-hydrogen) atoms. The summed E-state index contributed by atoms with van der Waals surface area (Å²) in [6, 6.07) is 24.0. The van der Waals surface area contributed by atoms with E-state index in [1.165, 1.54) is 5.56 Å². The van der Waals surface area contributed by atoms with E-state index in [1.54, 1.807) is 14.2 Å². The van der Waals surface area contributed by atoms with Crippen molar-refractivity contribution in [2.24, 2.45) is 5.10 Å². The van der Waals surface area contributed by atoms with Gasteiger partial charge in [0.1, 0.15) is 11.5 Å². The summed E-state index contributed by atoms with van der Waals surface area (Å²) in [5.41, 5.74) is 4.25. The van der Waals surface area contributed by atoms with Gasteiger partial charge in [-0.2, -0.15) is 5.10 Å². The second-order valence-electron chi connectivity index (χ2n) is 7.02. The maximum absolute atomic E-state index is 6.24. The summed E-state index contributed by atoms with van der Waals surface area (Å²) < 4.78 is 10.5. The summed E-state index contributed by atoms with van der Waals surface area (Å²) >= 11 is 6.24. The predicted octanol–water partition coefficient (Wildman–Crippen LogP) is 6.38. The fourth-order valence-electron chi connectivity index (χ4n) is 3.48. The van der Waals surface area contributed by atoms with Gasteiger partial charge in [-0.15, -0.1) is 0 Å². The minimum absolute atomic E-state index is 0.0879. The Hall–Kier alpha value is -3.24. The van der Waals surface area contributed by atoms with Crippen LogP contribution in [0, 0.1) is 0 Å². The third-order valence-electron chi connectivity index (χ3n) is 5.09. The second kappa shape index (κ2) is 9.06. The summed E-state index contributed by atoms with van der Waals surface area (Å²) in [5.74, 6) is 1.68. The lowest BCUT2D eigenvalue weighted by atomic mass is 10.0. The van der Waals surface area contributed by atoms with Crippen LogP contribution in [0.4, 0.5) is 5.69 Å². The highest BCUT2D eigenvalue weighted by atomic mass is 35.5. The number of allylic oxidation sites excluding steroid dienone is 1. The van der Waals surface area contributed by atoms with Gasteiger partial charge in [0.05, 0.1) is 31.7 Å². The minimum atomic E-state index is 0.0879. The topological polar surface area (TPSA) is 34.1 Å². The number of nitrogens with zero attached hydrogens (tertiary/aromatic N) is 2. The van der Waals surface area contributed by atoms with E-state index in [1.807, 2.05) is 65.7 Å². The molecule has 1 atom stereocenters. The van der Waals surface area contributed by atoms with Crippen molar-refractivity contribution in [2.45, 2.75) is 12.5 Å². The van der Waals surface area contributed by atoms with Crippen molar-refractivity contribution in [3.63, 3.8) is 0 Å². The van der Waals surface area contributed by atoms with Crippen molar-refractivity contribution in [3.8, 4) is 11.5 Å². The number of benzene rings is 3. The first-order chi connectivity index (χ1) is 14.7. The highest BCUT2D eigenvalue weighted by Gasteiger charge is 2.28. The van der Waals surface area contributed by atoms with Crippen LogP contribution in [0.2, 0.25) is 5.02 Å². The van der Waals surface area contributed by atoms with Crippen molar-refractivity contribution in [1.82, 2.24) is 0 Å². The Bertz CT molecular complexity index is 1060. The zero-order valence-corrected chi connectivity index (χ0v) is 17.7. The van der Waals surface area contributed by atoms with E-state index in [9.17, 15) is 0 Å². The van der Waals surface area contributed by atoms with Gasteiger partial charge in [-0.05, 0) is 59.7 Å². The number of anilines is 1. The lowest BCUT2D eigenvalue weighted by molar-refractivity contribution is 0.414. The zero-order chi connectivity index (χ0) is 20.9. The smallest absolute Gasteiger partial charge is 0.118 e. The van der Waals surface area contributed by atoms with Gasteiger partial charge in [-0.25, -0.2) is 0 Å². The molecular weight excluding hydrogens is 396 g/mol. The van der Waals surface area contributed by atoms with Crippen molar-refractivity contribution < 1.29 is 9.47 Å². The molecule has 0 aromatic heterocycles. The van der Waals surface area contributed by atoms with Crippen molar-refractivity contribution in [2.75, 3.05) is 19.2 Å². The first kappa shape index (κ1) is 20.0. The third-order valence-corrected chi connectivity index (χ3v) is 5.33. The molecule has 0 saturated carbocycles. The third kappa shape index (κ3) is 4.50. The van der Waals surface area contributed by atoms with E-state index < -0.39 is 0 Å². The summed E-state index contributed by atoms with van der Waals surface area (Å²) in [5, 5.41) is 7.63. The fraction of sp³-hybridized carbons (Fsp3) is 0.160. The molecule has 1 aliphatic heterocycles. The van der Waals surface area contributed by atoms with E-state index in [0.29, 0.717) is 5.02 Å². The Kier molecular flexibility index (Phi) is 6.05. The Morgan fingerprint density at radius 2 is 1.57 bits per heavy atom. The van der Waals surface area contributed by atoms with Gasteiger partial charge in [0.15, 0.2) is 0 Å². The first-order valence-electron chi connectivity index (χ1n) is 9.74. The number of rotatable bonds is 6. The molecule has 0 radical (unpaired) electrons. The highest BCUT2D eigenvalue weighted by Crippen LogP contribution is 2.37. The molecule has 1 heterocycles. The molecule has 0 spiro atoms. The van der Waals surface area contributed by atoms with E-state index in [0.717, 1.165) is 34.9 Å². The molecule has 0 aliphatic carbocycles. The van der Waals surface area contributed by atoms with Gasteiger partial charge in [0.25, 0.3) is 0 Å². The van der Waals surface area contributed by atoms with Crippen molar-refractivity contribution in [1.29, 1.82) is 0 Å². The van der Waals surface area contributed by atoms with Gasteiger partial charge in [0.2, 0.25) is 0 Å². The van der Waals surface area contributed by atoms with Gasteiger partial charge in [0, 0.05) is 11.4 Å². The van der Waals surface area contributed by atoms with Gasteiger partial charge < -0.3 is 9.47 Å². The predicted molar refractivity (Wildman–Crippen MR) is 124 cm³/mol. The Morgan fingerprint density at radius 3 is 2.20 bits per heavy atom. The Morgan fingerprint density at radius 1 is 0.900 bits per heavy atom. The number of hydrogen-bond donors (Lipinski definition) is 0. The monoisotopic (exact) mass is 418 g/mol. The van der Waals surface area contributed by atoms with Crippen LogP contribution in [0.15, 0.2) is 84.0 Å². The molecule has 3 aromatic rings. The minimum Gasteiger partial charge on any atom is -0.497 e. The Labute approximate surface area is 182 Å². The van der Waals surface area contributed by atoms with E-state index in [4.69, 9.17) is 26.2 Å². The van der Waals surface area contributed by atoms with Crippen LogP contribution in [0.5, 0.6) is 11.5 Å². The van der Waals surface area contributed by atoms with Crippen LogP contribution in [0.1, 0.15) is 23.6 Å². The van der Waals surface area contributed by atoms with Crippen LogP contribution in [0.25, 0.3) is 6.08 Å². The molecule has 152 valence electrons. The quantitative estimate of drug-likeness (QED) is 0.466. The molecule has 0 amide bonds. The second-order valence-corrected chi connectivity index (χ2v) is 7.45. The SMILES string of the molecule is COc1ccc(/C=C/C2=NN(c3cccc(Cl)c3)[C@@H](c3ccc(OC)cc3)C2)cc1. The lowest BCUT2D eigenvalue weighted by Crippen LogP contribution is -2.18. The van der Waals surface area contributed by atoms with Crippen LogP contribution in [0.3, 0.4) is 0 Å². The first-order valence-corrected chi connectivity index (χ1v) is 10.1. The molecule has 0 bridgehead atoms. The summed E-state index contributed by atoms with van der Waals surface area (Å²) in [7, 11) is 3.34. The Balaban J connectivity index is 1.62. The lowest BCUT2D eigenvalue weighted by Gasteiger charge is -2.24. The standard InChI is InChI=1S/C25H23ClN2O2/c1-29-23-12-7-18(8-13-23)6-11-21-17-25(19-9-14-24(30-2)15-10-19)28(27-21)22-5-3-4-20(26)16-22/h3-16,25H,17H2,1-2H3/b11-6+/t25-/m1/s1. The molecule has 1 aliphatic rings. The number of halogens is 1. The van der Waals surface area contributed by atoms with Crippen LogP contribution in [-0.2, 0) is 0 Å². The van der Waals surface area contributed by atoms with E-state index in [2.05, 4.69) is 24.3 Å². The van der Waals surface area contributed by atoms with E-state index >= 15 is 0 Å². The van der Waals surface area contributed by atoms with Gasteiger partial charge in [-0.1, -0.05) is 48.0 Å². The van der Waals surface area contributed by atoms with Gasteiger partial charge >= 0.3 is 0 Å². The fourth-order valence-corrected chi connectivity index (χ4v) is 3.67. The average molecular weight is 419 g/mol. The zero-order valence-electron chi connectivity index (χ0n) is 17.0. The van der Waals surface area contributed by atoms with Gasteiger partial charge in [-0.3, -0.25) is 5.01 Å². The maximum Gasteiger partial charge on any atom is 0.118 e. The molecule has 4 rings (SSSR count). The molecule has 0 saturated heterocycles. The summed E-state index contributed by atoms with van der Waals surface area (Å²) in [4.78, 5) is 0. The molecule has 0 N–H and O–H groups in total. The number of ether oxygens (including phenoxy) is 2. The molecular formula is C25H23ClN2O2. The van der Waals surface area contributed by atoms with Crippen LogP contribution < -0.4 is 14.5 Å². The molecule has 3 aromatic carbocycles. The normalized spacial score (nSPS) is 16.0. The number of hydrazone groups is 1. The largest absolute Gasteiger partial charge is 0.497 e. The van der Waals surface area contributed by atoms with Crippen LogP contribution >= 0.6 is 11.6 Å². The molecule has 4 nitrogen and oxygen atoms in total. The van der Waals surface area contributed by atoms with E-state index in [-0.39, 0.29) is 6.04 Å². The van der Waals surface area contributed by atoms with Crippen molar-refractivity contribution >= 4 is 29.1 Å². The molecule has 0 unspecified atom stereocenters. The van der Waals surface area contributed by atoms with Crippen LogP contribution in [-0.4, -0.2) is 19.9 Å². The van der Waals surface area contributed by atoms with Crippen molar-refractivity contribution in [3.05, 3.63) is 95.0 Å². The number of hydrogen-bond acceptors (Lipinski definition) is 4. The summed E-state index contributed by atoms with van der Waals surface area (Å²) in [6.07, 6.45) is 4.94. The molecule has 5 heteroatoms.